The van der Waals surface area contributed by atoms with Crippen molar-refractivity contribution in [2.24, 2.45) is 5.73 Å². The first-order valence-corrected chi connectivity index (χ1v) is 8.14. The predicted octanol–water partition coefficient (Wildman–Crippen LogP) is 0.569. The van der Waals surface area contributed by atoms with Gasteiger partial charge in [-0.2, -0.15) is 0 Å². The quantitative estimate of drug-likeness (QED) is 0.527. The van der Waals surface area contributed by atoms with Gasteiger partial charge in [0.2, 0.25) is 10.0 Å². The van der Waals surface area contributed by atoms with Crippen molar-refractivity contribution in [1.82, 2.24) is 4.72 Å². The summed E-state index contributed by atoms with van der Waals surface area (Å²) in [5, 5.41) is 7.36. The van der Waals surface area contributed by atoms with Crippen molar-refractivity contribution in [1.29, 1.82) is 5.41 Å². The molecule has 2 rings (SSSR count). The third-order valence-electron chi connectivity index (χ3n) is 3.16. The van der Waals surface area contributed by atoms with Crippen molar-refractivity contribution in [3.8, 4) is 0 Å². The molecule has 1 aromatic rings. The number of nitrogens with one attached hydrogen (secondary N) is 2. The average molecular weight is 297 g/mol. The highest BCUT2D eigenvalue weighted by atomic mass is 32.2. The van der Waals surface area contributed by atoms with Crippen molar-refractivity contribution >= 4 is 15.9 Å². The molecule has 0 bridgehead atoms. The Kier molecular flexibility index (Phi) is 4.74. The van der Waals surface area contributed by atoms with Gasteiger partial charge in [-0.15, -0.1) is 0 Å². The lowest BCUT2D eigenvalue weighted by molar-refractivity contribution is 0.127. The lowest BCUT2D eigenvalue weighted by Gasteiger charge is -2.11. The molecule has 0 aliphatic carbocycles. The summed E-state index contributed by atoms with van der Waals surface area (Å²) in [6, 6.07) is 6.96. The normalized spacial score (nSPS) is 19.1. The van der Waals surface area contributed by atoms with Crippen LogP contribution >= 0.6 is 0 Å². The van der Waals surface area contributed by atoms with Crippen LogP contribution in [-0.4, -0.2) is 32.7 Å². The molecule has 0 radical (unpaired) electrons. The van der Waals surface area contributed by atoms with E-state index in [9.17, 15) is 8.42 Å². The largest absolute Gasteiger partial charge is 0.384 e. The Hall–Kier alpha value is -1.44. The Morgan fingerprint density at radius 3 is 2.95 bits per heavy atom. The van der Waals surface area contributed by atoms with E-state index in [1.165, 1.54) is 0 Å². The predicted molar refractivity (Wildman–Crippen MR) is 77.1 cm³/mol. The molecule has 1 aliphatic rings. The Morgan fingerprint density at radius 2 is 2.30 bits per heavy atom. The molecule has 0 amide bonds. The van der Waals surface area contributed by atoms with Gasteiger partial charge in [0.25, 0.3) is 0 Å². The minimum Gasteiger partial charge on any atom is -0.384 e. The van der Waals surface area contributed by atoms with Crippen LogP contribution in [0.25, 0.3) is 0 Å². The summed E-state index contributed by atoms with van der Waals surface area (Å²) in [4.78, 5) is 0. The third kappa shape index (κ3) is 4.29. The number of nitrogens with two attached hydrogens (primary N) is 1. The molecular weight excluding hydrogens is 278 g/mol. The summed E-state index contributed by atoms with van der Waals surface area (Å²) in [5.41, 5.74) is 6.76. The van der Waals surface area contributed by atoms with E-state index in [0.29, 0.717) is 12.2 Å². The maximum Gasteiger partial charge on any atom is 0.214 e. The van der Waals surface area contributed by atoms with E-state index < -0.39 is 10.0 Å². The van der Waals surface area contributed by atoms with Crippen LogP contribution in [-0.2, 0) is 21.3 Å². The molecule has 1 aliphatic heterocycles. The first-order valence-electron chi connectivity index (χ1n) is 6.48. The topological polar surface area (TPSA) is 105 Å². The Labute approximate surface area is 118 Å². The van der Waals surface area contributed by atoms with Crippen LogP contribution in [0.15, 0.2) is 24.3 Å². The molecule has 1 atom stereocenters. The summed E-state index contributed by atoms with van der Waals surface area (Å²) in [6.45, 7) is 0.830. The second-order valence-electron chi connectivity index (χ2n) is 4.85. The van der Waals surface area contributed by atoms with E-state index in [1.807, 2.05) is 0 Å². The minimum absolute atomic E-state index is 0.000596. The summed E-state index contributed by atoms with van der Waals surface area (Å²) >= 11 is 0. The zero-order valence-corrected chi connectivity index (χ0v) is 11.9. The van der Waals surface area contributed by atoms with Gasteiger partial charge in [0.1, 0.15) is 5.84 Å². The molecule has 0 aromatic heterocycles. The number of sulfonamides is 1. The van der Waals surface area contributed by atoms with Crippen LogP contribution in [0, 0.1) is 5.41 Å². The number of amidine groups is 1. The maximum absolute atomic E-state index is 11.9. The fourth-order valence-corrected chi connectivity index (χ4v) is 3.38. The molecule has 0 saturated carbocycles. The number of rotatable bonds is 6. The SMILES string of the molecule is N=C(N)c1cccc(CNS(=O)(=O)CC2CCCO2)c1. The molecule has 1 aromatic carbocycles. The Bertz CT molecular complexity index is 580. The van der Waals surface area contributed by atoms with Crippen LogP contribution in [0.2, 0.25) is 0 Å². The zero-order valence-electron chi connectivity index (χ0n) is 11.1. The van der Waals surface area contributed by atoms with Crippen LogP contribution < -0.4 is 10.5 Å². The first-order chi connectivity index (χ1) is 9.46. The lowest BCUT2D eigenvalue weighted by Crippen LogP contribution is -2.31. The van der Waals surface area contributed by atoms with Crippen LogP contribution in [0.4, 0.5) is 0 Å². The van der Waals surface area contributed by atoms with E-state index >= 15 is 0 Å². The average Bonchev–Trinajstić information content (AvgIpc) is 2.89. The molecule has 0 spiro atoms. The zero-order chi connectivity index (χ0) is 14.6. The molecule has 20 heavy (non-hydrogen) atoms. The van der Waals surface area contributed by atoms with Gasteiger partial charge in [0, 0.05) is 18.7 Å². The van der Waals surface area contributed by atoms with Gasteiger partial charge >= 0.3 is 0 Å². The molecule has 110 valence electrons. The van der Waals surface area contributed by atoms with Crippen LogP contribution in [0.3, 0.4) is 0 Å². The van der Waals surface area contributed by atoms with E-state index in [2.05, 4.69) is 4.72 Å². The highest BCUT2D eigenvalue weighted by Gasteiger charge is 2.22. The van der Waals surface area contributed by atoms with Crippen LogP contribution in [0.1, 0.15) is 24.0 Å². The first kappa shape index (κ1) is 15.0. The molecule has 1 saturated heterocycles. The number of hydrogen-bond donors (Lipinski definition) is 3. The summed E-state index contributed by atoms with van der Waals surface area (Å²) in [7, 11) is -3.36. The molecule has 6 nitrogen and oxygen atoms in total. The number of ether oxygens (including phenoxy) is 1. The summed E-state index contributed by atoms with van der Waals surface area (Å²) < 4.78 is 31.7. The molecule has 7 heteroatoms. The number of hydrogen-bond acceptors (Lipinski definition) is 4. The van der Waals surface area contributed by atoms with Gasteiger partial charge < -0.3 is 10.5 Å². The molecule has 4 N–H and O–H groups in total. The van der Waals surface area contributed by atoms with Gasteiger partial charge in [-0.1, -0.05) is 18.2 Å². The van der Waals surface area contributed by atoms with Gasteiger partial charge in [0.15, 0.2) is 0 Å². The number of benzene rings is 1. The molecule has 1 heterocycles. The van der Waals surface area contributed by atoms with E-state index in [1.54, 1.807) is 24.3 Å². The fraction of sp³-hybridized carbons (Fsp3) is 0.462. The van der Waals surface area contributed by atoms with Crippen molar-refractivity contribution in [3.05, 3.63) is 35.4 Å². The smallest absolute Gasteiger partial charge is 0.214 e. The standard InChI is InChI=1S/C13H19N3O3S/c14-13(15)11-4-1-3-10(7-11)8-16-20(17,18)9-12-5-2-6-19-12/h1,3-4,7,12,16H,2,5-6,8-9H2,(H3,14,15). The summed E-state index contributed by atoms with van der Waals surface area (Å²) in [6.07, 6.45) is 1.51. The second kappa shape index (κ2) is 6.34. The Morgan fingerprint density at radius 1 is 1.50 bits per heavy atom. The van der Waals surface area contributed by atoms with Gasteiger partial charge in [-0.05, 0) is 24.5 Å². The van der Waals surface area contributed by atoms with E-state index in [0.717, 1.165) is 18.4 Å². The lowest BCUT2D eigenvalue weighted by atomic mass is 10.1. The third-order valence-corrected chi connectivity index (χ3v) is 4.56. The highest BCUT2D eigenvalue weighted by Crippen LogP contribution is 2.13. The van der Waals surface area contributed by atoms with Gasteiger partial charge in [-0.25, -0.2) is 13.1 Å². The molecular formula is C13H19N3O3S. The molecule has 1 fully saturated rings. The van der Waals surface area contributed by atoms with Crippen LogP contribution in [0.5, 0.6) is 0 Å². The number of nitrogen functional groups attached to an aromatic ring is 1. The van der Waals surface area contributed by atoms with E-state index in [-0.39, 0.29) is 24.2 Å². The van der Waals surface area contributed by atoms with Crippen molar-refractivity contribution < 1.29 is 13.2 Å². The maximum atomic E-state index is 11.9. The monoisotopic (exact) mass is 297 g/mol. The van der Waals surface area contributed by atoms with Gasteiger partial charge in [0.05, 0.1) is 11.9 Å². The highest BCUT2D eigenvalue weighted by molar-refractivity contribution is 7.89. The Balaban J connectivity index is 1.93. The molecule has 1 unspecified atom stereocenters. The minimum atomic E-state index is -3.36. The van der Waals surface area contributed by atoms with Crippen molar-refractivity contribution in [3.63, 3.8) is 0 Å². The fourth-order valence-electron chi connectivity index (χ4n) is 2.12. The van der Waals surface area contributed by atoms with Crippen molar-refractivity contribution in [2.45, 2.75) is 25.5 Å². The second-order valence-corrected chi connectivity index (χ2v) is 6.70. The summed E-state index contributed by atoms with van der Waals surface area (Å²) in [5.74, 6) is -0.0339. The van der Waals surface area contributed by atoms with E-state index in [4.69, 9.17) is 15.9 Å². The van der Waals surface area contributed by atoms with Gasteiger partial charge in [-0.3, -0.25) is 5.41 Å². The van der Waals surface area contributed by atoms with Crippen molar-refractivity contribution in [2.75, 3.05) is 12.4 Å².